The van der Waals surface area contributed by atoms with Crippen molar-refractivity contribution in [2.24, 2.45) is 5.90 Å². The third kappa shape index (κ3) is 2.81. The molecular formula is C15H14N4O2. The van der Waals surface area contributed by atoms with Crippen LogP contribution in [0.5, 0.6) is 0 Å². The molecule has 1 aromatic heterocycles. The number of amides is 1. The summed E-state index contributed by atoms with van der Waals surface area (Å²) in [6, 6.07) is 12.9. The Morgan fingerprint density at radius 1 is 1.05 bits per heavy atom. The third-order valence-corrected chi connectivity index (χ3v) is 3.11. The van der Waals surface area contributed by atoms with Crippen LogP contribution in [0, 0.1) is 0 Å². The molecule has 0 saturated heterocycles. The molecule has 0 aliphatic rings. The molecule has 106 valence electrons. The van der Waals surface area contributed by atoms with Crippen LogP contribution in [-0.4, -0.2) is 29.0 Å². The van der Waals surface area contributed by atoms with Crippen molar-refractivity contribution < 1.29 is 9.63 Å². The molecule has 3 N–H and O–H groups in total. The largest absolute Gasteiger partial charge is 0.350 e. The van der Waals surface area contributed by atoms with E-state index in [0.717, 1.165) is 16.6 Å². The summed E-state index contributed by atoms with van der Waals surface area (Å²) < 4.78 is 0. The Balaban J connectivity index is 1.95. The quantitative estimate of drug-likeness (QED) is 0.429. The zero-order valence-corrected chi connectivity index (χ0v) is 11.2. The molecule has 3 rings (SSSR count). The number of carbonyl (C=O) groups excluding carboxylic acids is 1. The molecule has 0 spiro atoms. The van der Waals surface area contributed by atoms with E-state index < -0.39 is 0 Å². The zero-order chi connectivity index (χ0) is 14.7. The van der Waals surface area contributed by atoms with Gasteiger partial charge in [0, 0.05) is 12.1 Å². The molecular weight excluding hydrogens is 268 g/mol. The van der Waals surface area contributed by atoms with E-state index in [2.05, 4.69) is 20.1 Å². The van der Waals surface area contributed by atoms with Gasteiger partial charge in [-0.15, -0.1) is 0 Å². The van der Waals surface area contributed by atoms with Crippen LogP contribution in [0.1, 0.15) is 10.4 Å². The second kappa shape index (κ2) is 5.82. The summed E-state index contributed by atoms with van der Waals surface area (Å²) in [5, 5.41) is 2.71. The molecule has 0 unspecified atom stereocenters. The number of nitrogens with one attached hydrogen (secondary N) is 1. The van der Waals surface area contributed by atoms with E-state index in [1.165, 1.54) is 0 Å². The number of hydrogen-bond acceptors (Lipinski definition) is 5. The van der Waals surface area contributed by atoms with Gasteiger partial charge >= 0.3 is 0 Å². The van der Waals surface area contributed by atoms with Gasteiger partial charge in [0.15, 0.2) is 0 Å². The molecule has 1 heterocycles. The Morgan fingerprint density at radius 2 is 1.71 bits per heavy atom. The Morgan fingerprint density at radius 3 is 2.43 bits per heavy atom. The number of para-hydroxylation sites is 2. The predicted molar refractivity (Wildman–Crippen MR) is 79.5 cm³/mol. The van der Waals surface area contributed by atoms with Gasteiger partial charge in [0.1, 0.15) is 0 Å². The van der Waals surface area contributed by atoms with Crippen molar-refractivity contribution in [3.63, 3.8) is 0 Å². The van der Waals surface area contributed by atoms with E-state index in [9.17, 15) is 4.79 Å². The summed E-state index contributed by atoms with van der Waals surface area (Å²) >= 11 is 0. The number of carbonyl (C=O) groups is 1. The summed E-state index contributed by atoms with van der Waals surface area (Å²) in [6.07, 6.45) is 0. The molecule has 0 aliphatic carbocycles. The second-order valence-corrected chi connectivity index (χ2v) is 4.54. The summed E-state index contributed by atoms with van der Waals surface area (Å²) in [7, 11) is 0. The van der Waals surface area contributed by atoms with Gasteiger partial charge in [-0.1, -0.05) is 12.1 Å². The Bertz CT molecular complexity index is 804. The number of fused-ring (bicyclic) bond motifs is 2. The van der Waals surface area contributed by atoms with Gasteiger partial charge in [0.25, 0.3) is 5.91 Å². The molecule has 21 heavy (non-hydrogen) atoms. The van der Waals surface area contributed by atoms with Crippen LogP contribution >= 0.6 is 0 Å². The van der Waals surface area contributed by atoms with E-state index in [-0.39, 0.29) is 12.5 Å². The summed E-state index contributed by atoms with van der Waals surface area (Å²) in [4.78, 5) is 25.4. The van der Waals surface area contributed by atoms with Crippen molar-refractivity contribution in [3.05, 3.63) is 48.0 Å². The van der Waals surface area contributed by atoms with Crippen molar-refractivity contribution in [2.45, 2.75) is 0 Å². The lowest BCUT2D eigenvalue weighted by Crippen LogP contribution is -2.28. The SMILES string of the molecule is NOCCNC(=O)c1ccc2nc3ccccc3nc2c1. The fourth-order valence-corrected chi connectivity index (χ4v) is 2.09. The maximum atomic E-state index is 12.0. The average molecular weight is 282 g/mol. The minimum Gasteiger partial charge on any atom is -0.350 e. The van der Waals surface area contributed by atoms with Crippen molar-refractivity contribution in [3.8, 4) is 0 Å². The van der Waals surface area contributed by atoms with Crippen molar-refractivity contribution in [2.75, 3.05) is 13.2 Å². The number of hydrogen-bond donors (Lipinski definition) is 2. The molecule has 2 aromatic carbocycles. The number of nitrogens with zero attached hydrogens (tertiary/aromatic N) is 2. The molecule has 3 aromatic rings. The highest BCUT2D eigenvalue weighted by atomic mass is 16.6. The molecule has 0 fully saturated rings. The lowest BCUT2D eigenvalue weighted by atomic mass is 10.1. The van der Waals surface area contributed by atoms with Gasteiger partial charge in [-0.2, -0.15) is 0 Å². The standard InChI is InChI=1S/C15H14N4O2/c16-21-8-7-17-15(20)10-5-6-13-14(9-10)19-12-4-2-1-3-11(12)18-13/h1-6,9H,7-8,16H2,(H,17,20). The fraction of sp³-hybridized carbons (Fsp3) is 0.133. The minimum atomic E-state index is -0.191. The van der Waals surface area contributed by atoms with Gasteiger partial charge in [-0.25, -0.2) is 15.9 Å². The van der Waals surface area contributed by atoms with Crippen LogP contribution in [-0.2, 0) is 4.84 Å². The lowest BCUT2D eigenvalue weighted by molar-refractivity contribution is 0.0917. The molecule has 0 saturated carbocycles. The minimum absolute atomic E-state index is 0.191. The average Bonchev–Trinajstić information content (AvgIpc) is 2.52. The zero-order valence-electron chi connectivity index (χ0n) is 11.2. The normalized spacial score (nSPS) is 10.9. The number of rotatable bonds is 4. The predicted octanol–water partition coefficient (Wildman–Crippen LogP) is 1.40. The maximum Gasteiger partial charge on any atom is 0.251 e. The molecule has 1 amide bonds. The molecule has 6 nitrogen and oxygen atoms in total. The van der Waals surface area contributed by atoms with E-state index in [4.69, 9.17) is 5.90 Å². The van der Waals surface area contributed by atoms with Gasteiger partial charge in [0.2, 0.25) is 0 Å². The van der Waals surface area contributed by atoms with E-state index in [0.29, 0.717) is 17.6 Å². The van der Waals surface area contributed by atoms with Gasteiger partial charge in [-0.05, 0) is 30.3 Å². The first-order chi connectivity index (χ1) is 10.3. The van der Waals surface area contributed by atoms with Gasteiger partial charge < -0.3 is 10.2 Å². The van der Waals surface area contributed by atoms with Crippen LogP contribution < -0.4 is 11.2 Å². The Labute approximate surface area is 120 Å². The molecule has 0 atom stereocenters. The summed E-state index contributed by atoms with van der Waals surface area (Å²) in [5.74, 6) is 4.72. The first-order valence-corrected chi connectivity index (χ1v) is 6.54. The smallest absolute Gasteiger partial charge is 0.251 e. The van der Waals surface area contributed by atoms with E-state index in [1.54, 1.807) is 18.2 Å². The highest BCUT2D eigenvalue weighted by molar-refractivity contribution is 5.98. The van der Waals surface area contributed by atoms with E-state index >= 15 is 0 Å². The van der Waals surface area contributed by atoms with Crippen molar-refractivity contribution in [1.82, 2.24) is 15.3 Å². The van der Waals surface area contributed by atoms with Gasteiger partial charge in [-0.3, -0.25) is 4.79 Å². The molecule has 0 radical (unpaired) electrons. The van der Waals surface area contributed by atoms with Crippen molar-refractivity contribution >= 4 is 28.0 Å². The van der Waals surface area contributed by atoms with Crippen molar-refractivity contribution in [1.29, 1.82) is 0 Å². The topological polar surface area (TPSA) is 90.1 Å². The number of aromatic nitrogens is 2. The molecule has 6 heteroatoms. The van der Waals surface area contributed by atoms with Crippen LogP contribution in [0.25, 0.3) is 22.1 Å². The molecule has 0 aliphatic heterocycles. The van der Waals surface area contributed by atoms with E-state index in [1.807, 2.05) is 24.3 Å². The number of benzene rings is 2. The Hall–Kier alpha value is -2.57. The highest BCUT2D eigenvalue weighted by Gasteiger charge is 2.08. The van der Waals surface area contributed by atoms with Crippen LogP contribution in [0.4, 0.5) is 0 Å². The van der Waals surface area contributed by atoms with Gasteiger partial charge in [0.05, 0.1) is 28.7 Å². The summed E-state index contributed by atoms with van der Waals surface area (Å²) in [6.45, 7) is 0.626. The van der Waals surface area contributed by atoms with Crippen LogP contribution in [0.2, 0.25) is 0 Å². The fourth-order valence-electron chi connectivity index (χ4n) is 2.09. The molecule has 0 bridgehead atoms. The van der Waals surface area contributed by atoms with Crippen LogP contribution in [0.15, 0.2) is 42.5 Å². The highest BCUT2D eigenvalue weighted by Crippen LogP contribution is 2.17. The number of nitrogens with two attached hydrogens (primary N) is 1. The first-order valence-electron chi connectivity index (χ1n) is 6.54. The maximum absolute atomic E-state index is 12.0. The third-order valence-electron chi connectivity index (χ3n) is 3.11. The second-order valence-electron chi connectivity index (χ2n) is 4.54. The monoisotopic (exact) mass is 282 g/mol. The first kappa shape index (κ1) is 13.4. The lowest BCUT2D eigenvalue weighted by Gasteiger charge is -2.06. The van der Waals surface area contributed by atoms with Crippen LogP contribution in [0.3, 0.4) is 0 Å². The Kier molecular flexibility index (Phi) is 3.72. The summed E-state index contributed by atoms with van der Waals surface area (Å²) in [5.41, 5.74) is 3.62.